The molecule has 0 saturated heterocycles. The van der Waals surface area contributed by atoms with E-state index in [1.807, 2.05) is 0 Å². The maximum absolute atomic E-state index is 13.9. The summed E-state index contributed by atoms with van der Waals surface area (Å²) in [5.74, 6) is -0.952. The topological polar surface area (TPSA) is 92.4 Å². The minimum absolute atomic E-state index is 0.120. The number of nitrogens with one attached hydrogen (secondary N) is 1. The van der Waals surface area contributed by atoms with Crippen molar-refractivity contribution in [2.24, 2.45) is 5.92 Å². The SMILES string of the molecule is Cc1cc(N)cc(S(=O)(=O)NC(CO)C(C)C)c1F. The summed E-state index contributed by atoms with van der Waals surface area (Å²) >= 11 is 0. The number of aliphatic hydroxyl groups is 1. The van der Waals surface area contributed by atoms with Crippen molar-refractivity contribution in [2.45, 2.75) is 31.7 Å². The van der Waals surface area contributed by atoms with Gasteiger partial charge < -0.3 is 10.8 Å². The smallest absolute Gasteiger partial charge is 0.243 e. The predicted octanol–water partition coefficient (Wildman–Crippen LogP) is 1.01. The molecule has 1 atom stereocenters. The molecule has 1 aromatic carbocycles. The molecule has 0 fully saturated rings. The molecule has 0 aliphatic carbocycles. The second kappa shape index (κ2) is 5.85. The number of anilines is 1. The first-order chi connectivity index (χ1) is 8.69. The van der Waals surface area contributed by atoms with E-state index in [4.69, 9.17) is 10.8 Å². The number of sulfonamides is 1. The first-order valence-corrected chi connectivity index (χ1v) is 7.36. The maximum atomic E-state index is 13.9. The van der Waals surface area contributed by atoms with Gasteiger partial charge in [-0.2, -0.15) is 0 Å². The van der Waals surface area contributed by atoms with Gasteiger partial charge in [0.1, 0.15) is 10.7 Å². The number of benzene rings is 1. The van der Waals surface area contributed by atoms with Crippen LogP contribution < -0.4 is 10.5 Å². The van der Waals surface area contributed by atoms with E-state index in [1.54, 1.807) is 13.8 Å². The number of hydrogen-bond donors (Lipinski definition) is 3. The van der Waals surface area contributed by atoms with E-state index < -0.39 is 26.8 Å². The summed E-state index contributed by atoms with van der Waals surface area (Å²) in [5.41, 5.74) is 5.87. The van der Waals surface area contributed by atoms with E-state index in [1.165, 1.54) is 13.0 Å². The van der Waals surface area contributed by atoms with Gasteiger partial charge in [0.25, 0.3) is 0 Å². The molecule has 0 aliphatic rings. The summed E-state index contributed by atoms with van der Waals surface area (Å²) in [5, 5.41) is 9.14. The van der Waals surface area contributed by atoms with Crippen molar-refractivity contribution in [2.75, 3.05) is 12.3 Å². The van der Waals surface area contributed by atoms with E-state index in [9.17, 15) is 12.8 Å². The van der Waals surface area contributed by atoms with Crippen LogP contribution >= 0.6 is 0 Å². The van der Waals surface area contributed by atoms with Crippen molar-refractivity contribution in [3.63, 3.8) is 0 Å². The summed E-state index contributed by atoms with van der Waals surface area (Å²) in [7, 11) is -4.06. The molecule has 0 amide bonds. The third-order valence-corrected chi connectivity index (χ3v) is 4.33. The van der Waals surface area contributed by atoms with Gasteiger partial charge in [-0.25, -0.2) is 17.5 Å². The number of aryl methyl sites for hydroxylation is 1. The molecular formula is C12H19FN2O3S. The van der Waals surface area contributed by atoms with Gasteiger partial charge in [-0.1, -0.05) is 13.8 Å². The molecule has 0 heterocycles. The van der Waals surface area contributed by atoms with Gasteiger partial charge in [0.15, 0.2) is 0 Å². The Hall–Kier alpha value is -1.18. The average molecular weight is 290 g/mol. The van der Waals surface area contributed by atoms with Gasteiger partial charge in [-0.15, -0.1) is 0 Å². The van der Waals surface area contributed by atoms with Crippen molar-refractivity contribution in [3.05, 3.63) is 23.5 Å². The van der Waals surface area contributed by atoms with E-state index in [2.05, 4.69) is 4.72 Å². The zero-order valence-corrected chi connectivity index (χ0v) is 12.0. The van der Waals surface area contributed by atoms with Crippen LogP contribution in [0.1, 0.15) is 19.4 Å². The highest BCUT2D eigenvalue weighted by Crippen LogP contribution is 2.22. The Morgan fingerprint density at radius 2 is 2.00 bits per heavy atom. The van der Waals surface area contributed by atoms with Crippen LogP contribution in [0.2, 0.25) is 0 Å². The Morgan fingerprint density at radius 1 is 1.42 bits per heavy atom. The van der Waals surface area contributed by atoms with E-state index in [0.29, 0.717) is 0 Å². The van der Waals surface area contributed by atoms with E-state index in [0.717, 1.165) is 6.07 Å². The summed E-state index contributed by atoms with van der Waals surface area (Å²) in [4.78, 5) is -0.496. The number of rotatable bonds is 5. The fourth-order valence-corrected chi connectivity index (χ4v) is 3.17. The van der Waals surface area contributed by atoms with Crippen LogP contribution in [0.3, 0.4) is 0 Å². The third kappa shape index (κ3) is 3.65. The Morgan fingerprint density at radius 3 is 2.47 bits per heavy atom. The number of aliphatic hydroxyl groups excluding tert-OH is 1. The number of nitrogens with two attached hydrogens (primary N) is 1. The highest BCUT2D eigenvalue weighted by Gasteiger charge is 2.25. The fourth-order valence-electron chi connectivity index (χ4n) is 1.61. The van der Waals surface area contributed by atoms with Crippen LogP contribution in [0.5, 0.6) is 0 Å². The van der Waals surface area contributed by atoms with Crippen LogP contribution in [-0.4, -0.2) is 26.2 Å². The average Bonchev–Trinajstić information content (AvgIpc) is 2.30. The van der Waals surface area contributed by atoms with Gasteiger partial charge in [-0.05, 0) is 30.5 Å². The molecule has 7 heteroatoms. The quantitative estimate of drug-likeness (QED) is 0.706. The normalized spacial score (nSPS) is 13.8. The molecule has 0 aliphatic heterocycles. The fraction of sp³-hybridized carbons (Fsp3) is 0.500. The Bertz CT molecular complexity index is 558. The molecule has 5 nitrogen and oxygen atoms in total. The molecule has 0 spiro atoms. The standard InChI is InChI=1S/C12H19FN2O3S/c1-7(2)10(6-16)15-19(17,18)11-5-9(14)4-8(3)12(11)13/h4-5,7,10,15-16H,6,14H2,1-3H3. The molecular weight excluding hydrogens is 271 g/mol. The summed E-state index contributed by atoms with van der Waals surface area (Å²) in [6.07, 6.45) is 0. The molecule has 0 aromatic heterocycles. The number of halogens is 1. The second-order valence-corrected chi connectivity index (χ2v) is 6.49. The highest BCUT2D eigenvalue weighted by molar-refractivity contribution is 7.89. The molecule has 108 valence electrons. The lowest BCUT2D eigenvalue weighted by Crippen LogP contribution is -2.41. The molecule has 0 saturated carbocycles. The summed E-state index contributed by atoms with van der Waals surface area (Å²) in [6.45, 7) is 4.59. The lowest BCUT2D eigenvalue weighted by atomic mass is 10.1. The third-order valence-electron chi connectivity index (χ3n) is 2.84. The summed E-state index contributed by atoms with van der Waals surface area (Å²) in [6, 6.07) is 1.76. The molecule has 19 heavy (non-hydrogen) atoms. The minimum Gasteiger partial charge on any atom is -0.399 e. The van der Waals surface area contributed by atoms with Gasteiger partial charge in [0.2, 0.25) is 10.0 Å². The van der Waals surface area contributed by atoms with Crippen molar-refractivity contribution in [3.8, 4) is 0 Å². The molecule has 0 bridgehead atoms. The van der Waals surface area contributed by atoms with Crippen LogP contribution in [0.15, 0.2) is 17.0 Å². The zero-order valence-electron chi connectivity index (χ0n) is 11.1. The van der Waals surface area contributed by atoms with Gasteiger partial charge in [0, 0.05) is 11.7 Å². The summed E-state index contributed by atoms with van der Waals surface area (Å²) < 4.78 is 40.4. The van der Waals surface area contributed by atoms with Crippen molar-refractivity contribution in [1.29, 1.82) is 0 Å². The van der Waals surface area contributed by atoms with E-state index in [-0.39, 0.29) is 23.8 Å². The van der Waals surface area contributed by atoms with Crippen molar-refractivity contribution < 1.29 is 17.9 Å². The van der Waals surface area contributed by atoms with Crippen LogP contribution in [0, 0.1) is 18.7 Å². The first kappa shape index (κ1) is 15.9. The second-order valence-electron chi connectivity index (χ2n) is 4.80. The maximum Gasteiger partial charge on any atom is 0.243 e. The lowest BCUT2D eigenvalue weighted by molar-refractivity contribution is 0.227. The Kier molecular flexibility index (Phi) is 4.89. The van der Waals surface area contributed by atoms with Crippen LogP contribution in [0.25, 0.3) is 0 Å². The van der Waals surface area contributed by atoms with Gasteiger partial charge in [0.05, 0.1) is 6.61 Å². The molecule has 1 aromatic rings. The van der Waals surface area contributed by atoms with Crippen LogP contribution in [-0.2, 0) is 10.0 Å². The minimum atomic E-state index is -4.06. The van der Waals surface area contributed by atoms with Crippen LogP contribution in [0.4, 0.5) is 10.1 Å². The van der Waals surface area contributed by atoms with Gasteiger partial charge >= 0.3 is 0 Å². The monoisotopic (exact) mass is 290 g/mol. The molecule has 0 radical (unpaired) electrons. The zero-order chi connectivity index (χ0) is 14.8. The highest BCUT2D eigenvalue weighted by atomic mass is 32.2. The Balaban J connectivity index is 3.21. The largest absolute Gasteiger partial charge is 0.399 e. The van der Waals surface area contributed by atoms with Crippen molar-refractivity contribution >= 4 is 15.7 Å². The van der Waals surface area contributed by atoms with Gasteiger partial charge in [-0.3, -0.25) is 0 Å². The first-order valence-electron chi connectivity index (χ1n) is 5.88. The molecule has 4 N–H and O–H groups in total. The lowest BCUT2D eigenvalue weighted by Gasteiger charge is -2.20. The predicted molar refractivity (Wildman–Crippen MR) is 71.6 cm³/mol. The van der Waals surface area contributed by atoms with E-state index >= 15 is 0 Å². The number of nitrogen functional groups attached to an aromatic ring is 1. The Labute approximate surface area is 112 Å². The molecule has 1 unspecified atom stereocenters. The number of hydrogen-bond acceptors (Lipinski definition) is 4. The molecule has 1 rings (SSSR count). The van der Waals surface area contributed by atoms with Crippen molar-refractivity contribution in [1.82, 2.24) is 4.72 Å².